The fourth-order valence-corrected chi connectivity index (χ4v) is 3.01. The topological polar surface area (TPSA) is 101 Å². The molecule has 6 nitrogen and oxygen atoms in total. The van der Waals surface area contributed by atoms with E-state index in [1.807, 2.05) is 0 Å². The minimum Gasteiger partial charge on any atom is -0.350 e. The second-order valence-electron chi connectivity index (χ2n) is 6.49. The molecule has 1 aliphatic carbocycles. The van der Waals surface area contributed by atoms with Crippen molar-refractivity contribution in [3.63, 3.8) is 0 Å². The number of rotatable bonds is 7. The lowest BCUT2D eigenvalue weighted by Gasteiger charge is -2.19. The molecular formula is C15H23N3O3S. The van der Waals surface area contributed by atoms with Crippen molar-refractivity contribution in [1.29, 1.82) is 0 Å². The molecule has 0 bridgehead atoms. The second kappa shape index (κ2) is 6.36. The molecular weight excluding hydrogens is 302 g/mol. The largest absolute Gasteiger partial charge is 0.350 e. The number of hydrogen-bond acceptors (Lipinski definition) is 4. The highest BCUT2D eigenvalue weighted by Crippen LogP contribution is 2.28. The van der Waals surface area contributed by atoms with Gasteiger partial charge in [0.15, 0.2) is 0 Å². The van der Waals surface area contributed by atoms with Crippen molar-refractivity contribution in [3.05, 3.63) is 29.8 Å². The van der Waals surface area contributed by atoms with Gasteiger partial charge >= 0.3 is 0 Å². The summed E-state index contributed by atoms with van der Waals surface area (Å²) in [6.07, 6.45) is 2.14. The van der Waals surface area contributed by atoms with Crippen molar-refractivity contribution in [2.45, 2.75) is 37.1 Å². The van der Waals surface area contributed by atoms with Gasteiger partial charge in [-0.3, -0.25) is 4.79 Å². The lowest BCUT2D eigenvalue weighted by Crippen LogP contribution is -2.45. The van der Waals surface area contributed by atoms with Crippen molar-refractivity contribution in [2.75, 3.05) is 13.1 Å². The Morgan fingerprint density at radius 2 is 2.05 bits per heavy atom. The Morgan fingerprint density at radius 3 is 2.64 bits per heavy atom. The normalized spacial score (nSPS) is 15.6. The summed E-state index contributed by atoms with van der Waals surface area (Å²) in [5.41, 5.74) is 5.60. The molecule has 22 heavy (non-hydrogen) atoms. The first kappa shape index (κ1) is 16.9. The van der Waals surface area contributed by atoms with Crippen LogP contribution < -0.4 is 15.8 Å². The van der Waals surface area contributed by atoms with Crippen LogP contribution in [0.4, 0.5) is 0 Å². The molecule has 0 spiro atoms. The molecule has 1 saturated carbocycles. The molecule has 122 valence electrons. The van der Waals surface area contributed by atoms with Gasteiger partial charge in [-0.05, 0) is 50.8 Å². The van der Waals surface area contributed by atoms with Gasteiger partial charge in [0.05, 0.1) is 4.90 Å². The van der Waals surface area contributed by atoms with Crippen molar-refractivity contribution in [1.82, 2.24) is 10.0 Å². The number of nitrogens with two attached hydrogens (primary N) is 1. The standard InChI is InChI=1S/C15H23N3O3S/c1-15(2,16)10-17-14(19)12-4-3-5-13(8-12)22(20,21)18-9-11-6-7-11/h3-5,8,11,18H,6-7,9-10,16H2,1-2H3,(H,17,19). The van der Waals surface area contributed by atoms with Crippen LogP contribution in [0.5, 0.6) is 0 Å². The first-order chi connectivity index (χ1) is 10.2. The van der Waals surface area contributed by atoms with Crippen LogP contribution in [0.1, 0.15) is 37.0 Å². The summed E-state index contributed by atoms with van der Waals surface area (Å²) >= 11 is 0. The number of carbonyl (C=O) groups is 1. The van der Waals surface area contributed by atoms with Gasteiger partial charge in [0.25, 0.3) is 5.91 Å². The maximum Gasteiger partial charge on any atom is 0.251 e. The molecule has 0 aliphatic heterocycles. The van der Waals surface area contributed by atoms with E-state index in [1.54, 1.807) is 26.0 Å². The van der Waals surface area contributed by atoms with Gasteiger partial charge in [0.1, 0.15) is 0 Å². The van der Waals surface area contributed by atoms with Crippen LogP contribution in [0.25, 0.3) is 0 Å². The Morgan fingerprint density at radius 1 is 1.36 bits per heavy atom. The van der Waals surface area contributed by atoms with Gasteiger partial charge in [0.2, 0.25) is 10.0 Å². The molecule has 0 heterocycles. The maximum absolute atomic E-state index is 12.2. The van der Waals surface area contributed by atoms with Crippen LogP contribution in [0.3, 0.4) is 0 Å². The van der Waals surface area contributed by atoms with E-state index in [-0.39, 0.29) is 10.8 Å². The van der Waals surface area contributed by atoms with E-state index in [9.17, 15) is 13.2 Å². The van der Waals surface area contributed by atoms with Crippen LogP contribution in [-0.2, 0) is 10.0 Å². The van der Waals surface area contributed by atoms with E-state index in [1.165, 1.54) is 12.1 Å². The van der Waals surface area contributed by atoms with Crippen LogP contribution in [0.15, 0.2) is 29.2 Å². The van der Waals surface area contributed by atoms with Crippen LogP contribution in [0.2, 0.25) is 0 Å². The molecule has 0 unspecified atom stereocenters. The first-order valence-electron chi connectivity index (χ1n) is 7.34. The lowest BCUT2D eigenvalue weighted by atomic mass is 10.1. The highest BCUT2D eigenvalue weighted by atomic mass is 32.2. The van der Waals surface area contributed by atoms with Crippen molar-refractivity contribution >= 4 is 15.9 Å². The molecule has 0 saturated heterocycles. The van der Waals surface area contributed by atoms with Crippen LogP contribution >= 0.6 is 0 Å². The first-order valence-corrected chi connectivity index (χ1v) is 8.82. The van der Waals surface area contributed by atoms with E-state index in [0.717, 1.165) is 12.8 Å². The highest BCUT2D eigenvalue weighted by Gasteiger charge is 2.24. The highest BCUT2D eigenvalue weighted by molar-refractivity contribution is 7.89. The second-order valence-corrected chi connectivity index (χ2v) is 8.26. The third kappa shape index (κ3) is 5.08. The van der Waals surface area contributed by atoms with Gasteiger partial charge in [-0.25, -0.2) is 13.1 Å². The maximum atomic E-state index is 12.2. The minimum atomic E-state index is -3.57. The van der Waals surface area contributed by atoms with E-state index >= 15 is 0 Å². The summed E-state index contributed by atoms with van der Waals surface area (Å²) < 4.78 is 27.0. The minimum absolute atomic E-state index is 0.104. The zero-order valence-corrected chi connectivity index (χ0v) is 13.7. The van der Waals surface area contributed by atoms with E-state index in [4.69, 9.17) is 5.73 Å². The molecule has 1 amide bonds. The summed E-state index contributed by atoms with van der Waals surface area (Å²) in [6, 6.07) is 6.01. The average Bonchev–Trinajstić information content (AvgIpc) is 3.26. The summed E-state index contributed by atoms with van der Waals surface area (Å²) in [6.45, 7) is 4.37. The zero-order valence-electron chi connectivity index (χ0n) is 12.9. The fraction of sp³-hybridized carbons (Fsp3) is 0.533. The Kier molecular flexibility index (Phi) is 4.89. The SMILES string of the molecule is CC(C)(N)CNC(=O)c1cccc(S(=O)(=O)NCC2CC2)c1. The number of benzene rings is 1. The van der Waals surface area contributed by atoms with E-state index < -0.39 is 15.6 Å². The van der Waals surface area contributed by atoms with Crippen LogP contribution in [-0.4, -0.2) is 33.0 Å². The molecule has 7 heteroatoms. The molecule has 4 N–H and O–H groups in total. The smallest absolute Gasteiger partial charge is 0.251 e. The van der Waals surface area contributed by atoms with E-state index in [2.05, 4.69) is 10.0 Å². The monoisotopic (exact) mass is 325 g/mol. The van der Waals surface area contributed by atoms with Crippen LogP contribution in [0, 0.1) is 5.92 Å². The Labute approximate surface area is 131 Å². The molecule has 1 aliphatic rings. The third-order valence-electron chi connectivity index (χ3n) is 3.37. The summed E-state index contributed by atoms with van der Waals surface area (Å²) in [4.78, 5) is 12.2. The van der Waals surface area contributed by atoms with Gasteiger partial charge < -0.3 is 11.1 Å². The molecule has 1 aromatic rings. The Bertz CT molecular complexity index is 646. The number of nitrogens with one attached hydrogen (secondary N) is 2. The van der Waals surface area contributed by atoms with Gasteiger partial charge in [-0.1, -0.05) is 6.07 Å². The molecule has 2 rings (SSSR count). The Hall–Kier alpha value is -1.44. The van der Waals surface area contributed by atoms with Gasteiger partial charge in [-0.15, -0.1) is 0 Å². The lowest BCUT2D eigenvalue weighted by molar-refractivity contribution is 0.0946. The van der Waals surface area contributed by atoms with Crippen molar-refractivity contribution < 1.29 is 13.2 Å². The number of carbonyl (C=O) groups excluding carboxylic acids is 1. The van der Waals surface area contributed by atoms with Gasteiger partial charge in [-0.2, -0.15) is 0 Å². The number of hydrogen-bond donors (Lipinski definition) is 3. The van der Waals surface area contributed by atoms with E-state index in [0.29, 0.717) is 24.6 Å². The third-order valence-corrected chi connectivity index (χ3v) is 4.79. The fourth-order valence-electron chi connectivity index (χ4n) is 1.85. The summed E-state index contributed by atoms with van der Waals surface area (Å²) in [5.74, 6) is 0.116. The predicted molar refractivity (Wildman–Crippen MR) is 85.0 cm³/mol. The zero-order chi connectivity index (χ0) is 16.4. The average molecular weight is 325 g/mol. The molecule has 0 aromatic heterocycles. The molecule has 1 fully saturated rings. The number of sulfonamides is 1. The molecule has 0 atom stereocenters. The quantitative estimate of drug-likeness (QED) is 0.691. The van der Waals surface area contributed by atoms with Crippen molar-refractivity contribution in [3.8, 4) is 0 Å². The predicted octanol–water partition coefficient (Wildman–Crippen LogP) is 0.842. The number of amides is 1. The molecule has 0 radical (unpaired) electrons. The van der Waals surface area contributed by atoms with Gasteiger partial charge in [0, 0.05) is 24.2 Å². The Balaban J connectivity index is 2.06. The summed E-state index contributed by atoms with van der Waals surface area (Å²) in [7, 11) is -3.57. The summed E-state index contributed by atoms with van der Waals surface area (Å²) in [5, 5.41) is 2.70. The molecule has 1 aromatic carbocycles. The van der Waals surface area contributed by atoms with Crippen molar-refractivity contribution in [2.24, 2.45) is 11.7 Å².